The van der Waals surface area contributed by atoms with Gasteiger partial charge in [0.2, 0.25) is 0 Å². The van der Waals surface area contributed by atoms with Gasteiger partial charge in [0.05, 0.1) is 0 Å². The van der Waals surface area contributed by atoms with E-state index in [1.54, 1.807) is 37.3 Å². The summed E-state index contributed by atoms with van der Waals surface area (Å²) in [5, 5.41) is 12.1. The zero-order chi connectivity index (χ0) is 20.6. The van der Waals surface area contributed by atoms with E-state index in [4.69, 9.17) is 4.74 Å². The Labute approximate surface area is 165 Å². The molecule has 1 aliphatic rings. The number of ether oxygens (including phenoxy) is 1. The Balaban J connectivity index is 1.84. The largest absolute Gasteiger partial charge is 0.437 e. The third kappa shape index (κ3) is 3.47. The topological polar surface area (TPSA) is 78.9 Å². The van der Waals surface area contributed by atoms with Crippen LogP contribution in [0.5, 0.6) is 0 Å². The molecule has 2 aromatic rings. The van der Waals surface area contributed by atoms with Gasteiger partial charge in [0, 0.05) is 12.0 Å². The Morgan fingerprint density at radius 2 is 1.61 bits per heavy atom. The number of carbonyl (C=O) groups excluding carboxylic acids is 2. The lowest BCUT2D eigenvalue weighted by Gasteiger charge is -2.41. The van der Waals surface area contributed by atoms with Crippen LogP contribution in [0, 0.1) is 0 Å². The first kappa shape index (κ1) is 19.9. The highest BCUT2D eigenvalue weighted by Crippen LogP contribution is 2.44. The normalized spacial score (nSPS) is 24.8. The zero-order valence-corrected chi connectivity index (χ0v) is 16.6. The number of benzene rings is 2. The number of nitrogens with zero attached hydrogens (tertiary/aromatic N) is 1. The predicted molar refractivity (Wildman–Crippen MR) is 105 cm³/mol. The van der Waals surface area contributed by atoms with Crippen LogP contribution in [0.2, 0.25) is 0 Å². The van der Waals surface area contributed by atoms with Crippen molar-refractivity contribution in [2.24, 2.45) is 0 Å². The molecule has 0 bridgehead atoms. The molecule has 2 N–H and O–H groups in total. The lowest BCUT2D eigenvalue weighted by atomic mass is 9.73. The van der Waals surface area contributed by atoms with Gasteiger partial charge in [-0.25, -0.2) is 4.79 Å². The fraction of sp³-hybridized carbons (Fsp3) is 0.364. The molecule has 1 saturated heterocycles. The van der Waals surface area contributed by atoms with Crippen molar-refractivity contribution >= 4 is 12.0 Å². The first-order valence-corrected chi connectivity index (χ1v) is 9.24. The first-order chi connectivity index (χ1) is 13.1. The summed E-state index contributed by atoms with van der Waals surface area (Å²) < 4.78 is 5.59. The molecular weight excluding hydrogens is 356 g/mol. The second-order valence-corrected chi connectivity index (χ2v) is 8.19. The molecule has 2 atom stereocenters. The molecular formula is C22H26N2O4. The number of amides is 2. The van der Waals surface area contributed by atoms with Crippen molar-refractivity contribution < 1.29 is 19.4 Å². The molecule has 0 saturated carbocycles. The van der Waals surface area contributed by atoms with E-state index in [1.165, 1.54) is 6.92 Å². The van der Waals surface area contributed by atoms with Crippen LogP contribution in [0.25, 0.3) is 0 Å². The highest BCUT2D eigenvalue weighted by atomic mass is 16.6. The number of hydrogen-bond acceptors (Lipinski definition) is 4. The maximum absolute atomic E-state index is 12.5. The first-order valence-electron chi connectivity index (χ1n) is 9.24. The molecule has 2 aromatic carbocycles. The Bertz CT molecular complexity index is 865. The Hall–Kier alpha value is -2.86. The third-order valence-corrected chi connectivity index (χ3v) is 5.52. The summed E-state index contributed by atoms with van der Waals surface area (Å²) in [6.07, 6.45) is -0.430. The van der Waals surface area contributed by atoms with Crippen molar-refractivity contribution in [3.8, 4) is 0 Å². The molecule has 6 nitrogen and oxygen atoms in total. The maximum Gasteiger partial charge on any atom is 0.432 e. The molecule has 0 aromatic heterocycles. The number of carbonyl (C=O) groups is 2. The number of hydrogen-bond donors (Lipinski definition) is 2. The van der Waals surface area contributed by atoms with Crippen LogP contribution in [0.15, 0.2) is 60.7 Å². The third-order valence-electron chi connectivity index (χ3n) is 5.52. The van der Waals surface area contributed by atoms with E-state index < -0.39 is 23.3 Å². The summed E-state index contributed by atoms with van der Waals surface area (Å²) in [6.45, 7) is 7.22. The van der Waals surface area contributed by atoms with Crippen molar-refractivity contribution in [2.45, 2.75) is 50.9 Å². The molecule has 6 heteroatoms. The second-order valence-electron chi connectivity index (χ2n) is 8.19. The summed E-state index contributed by atoms with van der Waals surface area (Å²) in [7, 11) is 0. The van der Waals surface area contributed by atoms with Crippen LogP contribution >= 0.6 is 0 Å². The number of rotatable bonds is 5. The van der Waals surface area contributed by atoms with Gasteiger partial charge in [0.15, 0.2) is 11.3 Å². The van der Waals surface area contributed by atoms with E-state index in [1.807, 2.05) is 44.2 Å². The Morgan fingerprint density at radius 1 is 1.07 bits per heavy atom. The van der Waals surface area contributed by atoms with E-state index in [0.29, 0.717) is 12.0 Å². The number of cyclic esters (lactones) is 1. The van der Waals surface area contributed by atoms with Crippen molar-refractivity contribution in [3.63, 3.8) is 0 Å². The van der Waals surface area contributed by atoms with Gasteiger partial charge in [0.25, 0.3) is 5.91 Å². The van der Waals surface area contributed by atoms with Crippen molar-refractivity contribution in [1.29, 1.82) is 0 Å². The molecule has 0 spiro atoms. The molecule has 1 aliphatic heterocycles. The lowest BCUT2D eigenvalue weighted by Crippen LogP contribution is -2.61. The quantitative estimate of drug-likeness (QED) is 0.828. The van der Waals surface area contributed by atoms with Crippen molar-refractivity contribution in [1.82, 2.24) is 10.4 Å². The van der Waals surface area contributed by atoms with Crippen molar-refractivity contribution in [3.05, 3.63) is 71.8 Å². The zero-order valence-electron chi connectivity index (χ0n) is 16.6. The molecule has 2 amide bonds. The van der Waals surface area contributed by atoms with E-state index in [2.05, 4.69) is 5.43 Å². The molecule has 0 unspecified atom stereocenters. The molecule has 3 rings (SSSR count). The fourth-order valence-electron chi connectivity index (χ4n) is 3.70. The highest BCUT2D eigenvalue weighted by Gasteiger charge is 2.61. The SMILES string of the molecule is CC(C)(C[C@@]1(C)OC(=O)N(NC(=O)c2ccccc2)[C@@]1(C)O)c1ccccc1. The molecule has 148 valence electrons. The van der Waals surface area contributed by atoms with Gasteiger partial charge in [-0.1, -0.05) is 62.4 Å². The summed E-state index contributed by atoms with van der Waals surface area (Å²) >= 11 is 0. The average molecular weight is 382 g/mol. The van der Waals surface area contributed by atoms with Gasteiger partial charge in [0.1, 0.15) is 0 Å². The fourth-order valence-corrected chi connectivity index (χ4v) is 3.70. The summed E-state index contributed by atoms with van der Waals surface area (Å²) in [5.41, 5.74) is 0.590. The van der Waals surface area contributed by atoms with Crippen LogP contribution in [0.1, 0.15) is 50.0 Å². The molecule has 1 fully saturated rings. The average Bonchev–Trinajstić information content (AvgIpc) is 2.81. The Kier molecular flexibility index (Phi) is 4.93. The smallest absolute Gasteiger partial charge is 0.432 e. The van der Waals surface area contributed by atoms with E-state index in [0.717, 1.165) is 10.6 Å². The van der Waals surface area contributed by atoms with E-state index >= 15 is 0 Å². The highest BCUT2D eigenvalue weighted by molar-refractivity contribution is 5.95. The van der Waals surface area contributed by atoms with E-state index in [-0.39, 0.29) is 5.41 Å². The molecule has 28 heavy (non-hydrogen) atoms. The van der Waals surface area contributed by atoms with Gasteiger partial charge in [-0.15, -0.1) is 0 Å². The van der Waals surface area contributed by atoms with Crippen LogP contribution in [0.4, 0.5) is 4.79 Å². The molecule has 0 radical (unpaired) electrons. The minimum absolute atomic E-state index is 0.362. The Morgan fingerprint density at radius 3 is 2.18 bits per heavy atom. The number of hydrazine groups is 1. The van der Waals surface area contributed by atoms with Gasteiger partial charge in [-0.3, -0.25) is 10.2 Å². The number of nitrogens with one attached hydrogen (secondary N) is 1. The number of aliphatic hydroxyl groups is 1. The van der Waals surface area contributed by atoms with Crippen LogP contribution in [-0.2, 0) is 10.2 Å². The maximum atomic E-state index is 12.5. The van der Waals surface area contributed by atoms with Gasteiger partial charge in [-0.2, -0.15) is 5.01 Å². The molecule has 1 heterocycles. The summed E-state index contributed by atoms with van der Waals surface area (Å²) in [5.74, 6) is -0.496. The van der Waals surface area contributed by atoms with Crippen molar-refractivity contribution in [2.75, 3.05) is 0 Å². The van der Waals surface area contributed by atoms with Crippen LogP contribution in [0.3, 0.4) is 0 Å². The van der Waals surface area contributed by atoms with Crippen LogP contribution in [-0.4, -0.2) is 33.4 Å². The minimum Gasteiger partial charge on any atom is -0.437 e. The lowest BCUT2D eigenvalue weighted by molar-refractivity contribution is -0.153. The van der Waals surface area contributed by atoms with Gasteiger partial charge in [-0.05, 0) is 37.0 Å². The predicted octanol–water partition coefficient (Wildman–Crippen LogP) is 3.62. The van der Waals surface area contributed by atoms with Gasteiger partial charge < -0.3 is 9.84 Å². The second kappa shape index (κ2) is 6.95. The summed E-state index contributed by atoms with van der Waals surface area (Å²) in [6, 6.07) is 18.3. The summed E-state index contributed by atoms with van der Waals surface area (Å²) in [4.78, 5) is 25.0. The van der Waals surface area contributed by atoms with Crippen LogP contribution < -0.4 is 5.43 Å². The van der Waals surface area contributed by atoms with Gasteiger partial charge >= 0.3 is 6.09 Å². The monoisotopic (exact) mass is 382 g/mol. The minimum atomic E-state index is -1.74. The standard InChI is InChI=1S/C22H26N2O4/c1-20(2,17-13-9-6-10-14-17)15-21(3)22(4,27)24(19(26)28-21)23-18(25)16-11-7-5-8-12-16/h5-14,27H,15H2,1-4H3,(H,23,25)/t21-,22+/m1/s1. The molecule has 0 aliphatic carbocycles. The van der Waals surface area contributed by atoms with E-state index in [9.17, 15) is 14.7 Å².